The molecule has 2 unspecified atom stereocenters. The molecule has 2 aromatic rings. The van der Waals surface area contributed by atoms with Crippen molar-refractivity contribution in [2.45, 2.75) is 63.6 Å². The van der Waals surface area contributed by atoms with E-state index in [0.29, 0.717) is 17.9 Å². The maximum absolute atomic E-state index is 13.1. The van der Waals surface area contributed by atoms with E-state index in [1.165, 1.54) is 0 Å². The Bertz CT molecular complexity index is 1460. The number of imide groups is 2. The molecular weight excluding hydrogens is 546 g/mol. The van der Waals surface area contributed by atoms with Gasteiger partial charge in [-0.2, -0.15) is 0 Å². The molecule has 43 heavy (non-hydrogen) atoms. The Hall–Kier alpha value is -4.09. The minimum absolute atomic E-state index is 0.0817. The Kier molecular flexibility index (Phi) is 8.27. The lowest BCUT2D eigenvalue weighted by molar-refractivity contribution is -0.136. The summed E-state index contributed by atoms with van der Waals surface area (Å²) in [6, 6.07) is 10.5. The third-order valence-corrected chi connectivity index (χ3v) is 9.18. The zero-order valence-electron chi connectivity index (χ0n) is 24.4. The molecule has 6 N–H and O–H groups in total. The molecule has 3 aliphatic heterocycles. The van der Waals surface area contributed by atoms with Crippen LogP contribution in [0.3, 0.4) is 0 Å². The van der Waals surface area contributed by atoms with Crippen molar-refractivity contribution < 1.29 is 19.2 Å². The van der Waals surface area contributed by atoms with Crippen LogP contribution in [0.1, 0.15) is 70.6 Å². The van der Waals surface area contributed by atoms with Crippen molar-refractivity contribution in [3.8, 4) is 0 Å². The second-order valence-corrected chi connectivity index (χ2v) is 12.2. The van der Waals surface area contributed by atoms with Crippen molar-refractivity contribution in [3.05, 3.63) is 65.1 Å². The van der Waals surface area contributed by atoms with E-state index in [4.69, 9.17) is 10.7 Å². The molecule has 4 aliphatic rings. The molecule has 4 amide bonds. The molecule has 11 heteroatoms. The van der Waals surface area contributed by atoms with E-state index in [-0.39, 0.29) is 30.0 Å². The zero-order valence-corrected chi connectivity index (χ0v) is 24.4. The summed E-state index contributed by atoms with van der Waals surface area (Å²) in [5, 5.41) is 12.7. The van der Waals surface area contributed by atoms with E-state index in [1.807, 2.05) is 25.1 Å². The number of carbonyl (C=O) groups is 4. The number of rotatable bonds is 9. The molecule has 0 radical (unpaired) electrons. The second-order valence-electron chi connectivity index (χ2n) is 12.2. The second kappa shape index (κ2) is 12.3. The van der Waals surface area contributed by atoms with Crippen molar-refractivity contribution in [2.75, 3.05) is 25.0 Å². The highest BCUT2D eigenvalue weighted by atomic mass is 16.2. The molecule has 6 rings (SSSR count). The van der Waals surface area contributed by atoms with Crippen LogP contribution in [0, 0.1) is 18.8 Å². The number of aryl methyl sites for hydroxylation is 1. The number of nitrogens with zero attached hydrogens (tertiary/aromatic N) is 2. The van der Waals surface area contributed by atoms with Crippen molar-refractivity contribution in [2.24, 2.45) is 17.6 Å². The molecular formula is C32H39N7O4. The lowest BCUT2D eigenvalue weighted by Gasteiger charge is -2.36. The number of nitrogens with two attached hydrogens (primary N) is 1. The third kappa shape index (κ3) is 6.05. The smallest absolute Gasteiger partial charge is 0.262 e. The summed E-state index contributed by atoms with van der Waals surface area (Å²) >= 11 is 0. The summed E-state index contributed by atoms with van der Waals surface area (Å²) in [5.74, 6) is -1.13. The third-order valence-electron chi connectivity index (χ3n) is 9.18. The van der Waals surface area contributed by atoms with E-state index < -0.39 is 29.7 Å². The number of hydrogen-bond acceptors (Lipinski definition) is 9. The summed E-state index contributed by atoms with van der Waals surface area (Å²) < 4.78 is 0. The first-order valence-corrected chi connectivity index (χ1v) is 15.2. The van der Waals surface area contributed by atoms with E-state index >= 15 is 0 Å². The summed E-state index contributed by atoms with van der Waals surface area (Å²) in [6.45, 7) is 4.71. The standard InChI is InChI=1S/C32H39N7O4/c1-18-3-2-4-26(37-18)25(29(33)20-9-11-34-12-10-20)17-36-22-13-19(14-22)16-35-21-5-6-23-24(15-21)32(43)39(31(23)42)27-7-8-28(40)38-30(27)41/h2-6,15,17,19-20,22,27,29,34-36H,7-14,16,33H2,1H3,(H,38,40,41)/b25-17-. The topological polar surface area (TPSA) is 159 Å². The van der Waals surface area contributed by atoms with Crippen LogP contribution in [0.15, 0.2) is 42.6 Å². The molecule has 0 bridgehead atoms. The van der Waals surface area contributed by atoms with E-state index in [1.54, 1.807) is 18.2 Å². The van der Waals surface area contributed by atoms with Gasteiger partial charge in [-0.3, -0.25) is 34.4 Å². The average molecular weight is 586 g/mol. The van der Waals surface area contributed by atoms with E-state index in [2.05, 4.69) is 27.5 Å². The number of piperidine rings is 2. The van der Waals surface area contributed by atoms with Crippen LogP contribution in [0.25, 0.3) is 5.57 Å². The Labute approximate surface area is 251 Å². The minimum Gasteiger partial charge on any atom is -0.388 e. The number of aromatic nitrogens is 1. The van der Waals surface area contributed by atoms with Crippen molar-refractivity contribution in [1.82, 2.24) is 25.8 Å². The molecule has 2 atom stereocenters. The summed E-state index contributed by atoms with van der Waals surface area (Å²) in [4.78, 5) is 55.6. The quantitative estimate of drug-likeness (QED) is 0.277. The van der Waals surface area contributed by atoms with Crippen molar-refractivity contribution in [3.63, 3.8) is 0 Å². The number of nitrogens with one attached hydrogen (secondary N) is 4. The molecule has 1 saturated carbocycles. The maximum atomic E-state index is 13.1. The van der Waals surface area contributed by atoms with Gasteiger partial charge in [0.1, 0.15) is 6.04 Å². The van der Waals surface area contributed by atoms with Gasteiger partial charge < -0.3 is 21.7 Å². The molecule has 4 heterocycles. The minimum atomic E-state index is -0.966. The lowest BCUT2D eigenvalue weighted by atomic mass is 9.80. The number of fused-ring (bicyclic) bond motifs is 1. The highest BCUT2D eigenvalue weighted by Gasteiger charge is 2.44. The first-order valence-electron chi connectivity index (χ1n) is 15.2. The fourth-order valence-corrected chi connectivity index (χ4v) is 6.59. The first kappa shape index (κ1) is 29.0. The van der Waals surface area contributed by atoms with Crippen LogP contribution in [0.5, 0.6) is 0 Å². The highest BCUT2D eigenvalue weighted by Crippen LogP contribution is 2.32. The number of carbonyl (C=O) groups excluding carboxylic acids is 4. The summed E-state index contributed by atoms with van der Waals surface area (Å²) in [7, 11) is 0. The molecule has 1 aliphatic carbocycles. The molecule has 1 aromatic carbocycles. The Balaban J connectivity index is 1.04. The van der Waals surface area contributed by atoms with Crippen LogP contribution in [0.4, 0.5) is 5.69 Å². The lowest BCUT2D eigenvalue weighted by Crippen LogP contribution is -2.54. The van der Waals surface area contributed by atoms with E-state index in [0.717, 1.165) is 72.9 Å². The molecule has 1 aromatic heterocycles. The van der Waals surface area contributed by atoms with Gasteiger partial charge in [0.15, 0.2) is 0 Å². The average Bonchev–Trinajstić information content (AvgIpc) is 3.22. The van der Waals surface area contributed by atoms with Gasteiger partial charge in [-0.25, -0.2) is 0 Å². The maximum Gasteiger partial charge on any atom is 0.262 e. The summed E-state index contributed by atoms with van der Waals surface area (Å²) in [5.41, 5.74) is 11.1. The van der Waals surface area contributed by atoms with Gasteiger partial charge in [0.2, 0.25) is 11.8 Å². The largest absolute Gasteiger partial charge is 0.388 e. The molecule has 11 nitrogen and oxygen atoms in total. The van der Waals surface area contributed by atoms with Gasteiger partial charge in [0.25, 0.3) is 11.8 Å². The Morgan fingerprint density at radius 3 is 2.58 bits per heavy atom. The molecule has 2 saturated heterocycles. The molecule has 0 spiro atoms. The van der Waals surface area contributed by atoms with E-state index in [9.17, 15) is 19.2 Å². The van der Waals surface area contributed by atoms with Gasteiger partial charge in [-0.15, -0.1) is 0 Å². The Morgan fingerprint density at radius 2 is 1.84 bits per heavy atom. The number of amides is 4. The van der Waals surface area contributed by atoms with Crippen LogP contribution < -0.4 is 27.0 Å². The predicted molar refractivity (Wildman–Crippen MR) is 162 cm³/mol. The molecule has 3 fully saturated rings. The van der Waals surface area contributed by atoms with Gasteiger partial charge >= 0.3 is 0 Å². The number of pyridine rings is 1. The normalized spacial score (nSPS) is 25.2. The molecule has 226 valence electrons. The SMILES string of the molecule is Cc1cccc(/C(=C/NC2CC(CNc3ccc4c(c3)C(=O)N(C3CCC(=O)NC3=O)C4=O)C2)C(N)C2CCNCC2)n1. The predicted octanol–water partition coefficient (Wildman–Crippen LogP) is 1.94. The number of benzene rings is 1. The van der Waals surface area contributed by atoms with Gasteiger partial charge in [-0.1, -0.05) is 6.07 Å². The van der Waals surface area contributed by atoms with Gasteiger partial charge in [-0.05, 0) is 94.3 Å². The highest BCUT2D eigenvalue weighted by molar-refractivity contribution is 6.23. The monoisotopic (exact) mass is 585 g/mol. The van der Waals surface area contributed by atoms with Gasteiger partial charge in [0, 0.05) is 48.2 Å². The van der Waals surface area contributed by atoms with Crippen molar-refractivity contribution >= 4 is 34.9 Å². The number of anilines is 1. The van der Waals surface area contributed by atoms with Crippen LogP contribution in [0.2, 0.25) is 0 Å². The fourth-order valence-electron chi connectivity index (χ4n) is 6.59. The number of hydrogen-bond donors (Lipinski definition) is 5. The van der Waals surface area contributed by atoms with Gasteiger partial charge in [0.05, 0.1) is 16.8 Å². The summed E-state index contributed by atoms with van der Waals surface area (Å²) in [6.07, 6.45) is 6.41. The van der Waals surface area contributed by atoms with Crippen LogP contribution in [-0.2, 0) is 9.59 Å². The fraction of sp³-hybridized carbons (Fsp3) is 0.469. The zero-order chi connectivity index (χ0) is 30.1. The Morgan fingerprint density at radius 1 is 1.07 bits per heavy atom. The first-order chi connectivity index (χ1) is 20.8. The van der Waals surface area contributed by atoms with Crippen LogP contribution >= 0.6 is 0 Å². The van der Waals surface area contributed by atoms with Crippen LogP contribution in [-0.4, -0.2) is 71.3 Å². The van der Waals surface area contributed by atoms with Crippen molar-refractivity contribution in [1.29, 1.82) is 0 Å².